The maximum Gasteiger partial charge on any atom is 0.323 e. The van der Waals surface area contributed by atoms with Gasteiger partial charge in [-0.15, -0.1) is 0 Å². The van der Waals surface area contributed by atoms with Crippen LogP contribution in [-0.2, 0) is 4.79 Å². The third-order valence-electron chi connectivity index (χ3n) is 2.79. The van der Waals surface area contributed by atoms with Gasteiger partial charge in [0.1, 0.15) is 6.54 Å². The maximum atomic E-state index is 11.0. The van der Waals surface area contributed by atoms with E-state index in [1.165, 1.54) is 12.1 Å². The number of nitrogens with zero attached hydrogens (tertiary/aromatic N) is 2. The molecule has 104 valence electrons. The van der Waals surface area contributed by atoms with Gasteiger partial charge in [-0.25, -0.2) is 0 Å². The van der Waals surface area contributed by atoms with Gasteiger partial charge in [-0.3, -0.25) is 14.9 Å². The molecule has 1 rings (SSSR count). The summed E-state index contributed by atoms with van der Waals surface area (Å²) in [6.07, 6.45) is 0. The second-order valence-corrected chi connectivity index (χ2v) is 5.38. The number of benzene rings is 1. The van der Waals surface area contributed by atoms with Gasteiger partial charge in [-0.2, -0.15) is 0 Å². The number of aliphatic carboxylic acids is 1. The Morgan fingerprint density at radius 1 is 1.42 bits per heavy atom. The molecule has 0 aliphatic carbocycles. The van der Waals surface area contributed by atoms with Crippen LogP contribution in [0.25, 0.3) is 0 Å². The Kier molecular flexibility index (Phi) is 4.14. The first-order valence-electron chi connectivity index (χ1n) is 5.87. The summed E-state index contributed by atoms with van der Waals surface area (Å²) in [5, 5.41) is 19.7. The normalized spacial score (nSPS) is 11.2. The molecule has 0 amide bonds. The van der Waals surface area contributed by atoms with Crippen LogP contribution in [0.4, 0.5) is 11.4 Å². The lowest BCUT2D eigenvalue weighted by molar-refractivity contribution is -0.384. The van der Waals surface area contributed by atoms with Gasteiger partial charge in [0.25, 0.3) is 5.69 Å². The largest absolute Gasteiger partial charge is 0.480 e. The molecule has 0 saturated carbocycles. The number of carboxylic acids is 1. The lowest BCUT2D eigenvalue weighted by Gasteiger charge is -2.37. The van der Waals surface area contributed by atoms with Gasteiger partial charge in [0.15, 0.2) is 0 Å². The molecular weight excluding hydrogens is 248 g/mol. The molecular formula is C13H18N2O4. The lowest BCUT2D eigenvalue weighted by Crippen LogP contribution is -2.45. The highest BCUT2D eigenvalue weighted by molar-refractivity contribution is 5.75. The minimum atomic E-state index is -0.937. The summed E-state index contributed by atoms with van der Waals surface area (Å²) >= 11 is 0. The molecule has 6 heteroatoms. The van der Waals surface area contributed by atoms with Crippen LogP contribution in [0.2, 0.25) is 0 Å². The highest BCUT2D eigenvalue weighted by Gasteiger charge is 2.25. The quantitative estimate of drug-likeness (QED) is 0.669. The van der Waals surface area contributed by atoms with Gasteiger partial charge >= 0.3 is 5.97 Å². The first kappa shape index (κ1) is 14.9. The van der Waals surface area contributed by atoms with E-state index in [2.05, 4.69) is 0 Å². The third kappa shape index (κ3) is 3.67. The van der Waals surface area contributed by atoms with E-state index in [-0.39, 0.29) is 17.8 Å². The van der Waals surface area contributed by atoms with Crippen molar-refractivity contribution < 1.29 is 14.8 Å². The van der Waals surface area contributed by atoms with Crippen LogP contribution in [-0.4, -0.2) is 28.1 Å². The van der Waals surface area contributed by atoms with Crippen molar-refractivity contribution in [2.45, 2.75) is 33.2 Å². The Balaban J connectivity index is 3.24. The van der Waals surface area contributed by atoms with E-state index in [0.29, 0.717) is 11.3 Å². The van der Waals surface area contributed by atoms with Gasteiger partial charge in [-0.05, 0) is 39.3 Å². The number of non-ortho nitro benzene ring substituents is 1. The summed E-state index contributed by atoms with van der Waals surface area (Å²) in [6.45, 7) is 7.29. The number of anilines is 1. The molecule has 0 saturated heterocycles. The predicted molar refractivity (Wildman–Crippen MR) is 72.6 cm³/mol. The van der Waals surface area contributed by atoms with Crippen LogP contribution in [0.3, 0.4) is 0 Å². The molecule has 1 aromatic rings. The van der Waals surface area contributed by atoms with Crippen molar-refractivity contribution >= 4 is 17.3 Å². The van der Waals surface area contributed by atoms with Crippen molar-refractivity contribution in [2.24, 2.45) is 0 Å². The van der Waals surface area contributed by atoms with Crippen molar-refractivity contribution in [3.8, 4) is 0 Å². The molecule has 0 bridgehead atoms. The fraction of sp³-hybridized carbons (Fsp3) is 0.462. The fourth-order valence-electron chi connectivity index (χ4n) is 1.88. The van der Waals surface area contributed by atoms with Crippen LogP contribution < -0.4 is 4.90 Å². The number of nitro groups is 1. The molecule has 0 fully saturated rings. The molecule has 0 aliphatic heterocycles. The number of carbonyl (C=O) groups is 1. The summed E-state index contributed by atoms with van der Waals surface area (Å²) in [6, 6.07) is 4.44. The Hall–Kier alpha value is -2.11. The van der Waals surface area contributed by atoms with E-state index >= 15 is 0 Å². The van der Waals surface area contributed by atoms with E-state index < -0.39 is 10.9 Å². The molecule has 0 radical (unpaired) electrons. The molecule has 0 atom stereocenters. The summed E-state index contributed by atoms with van der Waals surface area (Å²) in [4.78, 5) is 22.9. The van der Waals surface area contributed by atoms with Gasteiger partial charge in [-0.1, -0.05) is 0 Å². The molecule has 0 spiro atoms. The maximum absolute atomic E-state index is 11.0. The second-order valence-electron chi connectivity index (χ2n) is 5.38. The standard InChI is InChI=1S/C13H18N2O4/c1-9-7-10(15(18)19)5-6-11(9)14(8-12(16)17)13(2,3)4/h5-7H,8H2,1-4H3,(H,16,17). The van der Waals surface area contributed by atoms with Crippen molar-refractivity contribution in [1.82, 2.24) is 0 Å². The van der Waals surface area contributed by atoms with Crippen LogP contribution in [0.1, 0.15) is 26.3 Å². The number of rotatable bonds is 4. The smallest absolute Gasteiger partial charge is 0.323 e. The van der Waals surface area contributed by atoms with Crippen LogP contribution in [0.5, 0.6) is 0 Å². The summed E-state index contributed by atoms with van der Waals surface area (Å²) < 4.78 is 0. The molecule has 19 heavy (non-hydrogen) atoms. The summed E-state index contributed by atoms with van der Waals surface area (Å²) in [5.74, 6) is -0.937. The number of nitro benzene ring substituents is 1. The van der Waals surface area contributed by atoms with Gasteiger partial charge in [0, 0.05) is 23.4 Å². The number of hydrogen-bond donors (Lipinski definition) is 1. The van der Waals surface area contributed by atoms with E-state index in [1.807, 2.05) is 20.8 Å². The molecule has 0 unspecified atom stereocenters. The third-order valence-corrected chi connectivity index (χ3v) is 2.79. The van der Waals surface area contributed by atoms with E-state index in [4.69, 9.17) is 5.11 Å². The van der Waals surface area contributed by atoms with E-state index in [1.54, 1.807) is 17.9 Å². The highest BCUT2D eigenvalue weighted by atomic mass is 16.6. The van der Waals surface area contributed by atoms with Crippen molar-refractivity contribution in [2.75, 3.05) is 11.4 Å². The zero-order chi connectivity index (χ0) is 14.8. The van der Waals surface area contributed by atoms with Crippen molar-refractivity contribution in [1.29, 1.82) is 0 Å². The van der Waals surface area contributed by atoms with Crippen LogP contribution in [0.15, 0.2) is 18.2 Å². The van der Waals surface area contributed by atoms with Crippen LogP contribution >= 0.6 is 0 Å². The first-order chi connectivity index (χ1) is 8.62. The zero-order valence-corrected chi connectivity index (χ0v) is 11.5. The highest BCUT2D eigenvalue weighted by Crippen LogP contribution is 2.29. The summed E-state index contributed by atoms with van der Waals surface area (Å²) in [7, 11) is 0. The Labute approximate surface area is 111 Å². The molecule has 0 aliphatic rings. The number of aryl methyl sites for hydroxylation is 1. The van der Waals surface area contributed by atoms with E-state index in [9.17, 15) is 14.9 Å². The Morgan fingerprint density at radius 3 is 2.37 bits per heavy atom. The minimum absolute atomic E-state index is 0.00503. The predicted octanol–water partition coefficient (Wildman–Crippen LogP) is 2.59. The first-order valence-corrected chi connectivity index (χ1v) is 5.87. The van der Waals surface area contributed by atoms with Gasteiger partial charge in [0.2, 0.25) is 0 Å². The molecule has 0 aromatic heterocycles. The number of carboxylic acid groups (broad SMARTS) is 1. The minimum Gasteiger partial charge on any atom is -0.480 e. The Morgan fingerprint density at radius 2 is 2.00 bits per heavy atom. The van der Waals surface area contributed by atoms with Crippen molar-refractivity contribution in [3.63, 3.8) is 0 Å². The van der Waals surface area contributed by atoms with Gasteiger partial charge in [0.05, 0.1) is 4.92 Å². The van der Waals surface area contributed by atoms with Gasteiger partial charge < -0.3 is 10.0 Å². The number of hydrogen-bond acceptors (Lipinski definition) is 4. The average molecular weight is 266 g/mol. The lowest BCUT2D eigenvalue weighted by atomic mass is 10.0. The van der Waals surface area contributed by atoms with E-state index in [0.717, 1.165) is 0 Å². The molecule has 0 heterocycles. The molecule has 6 nitrogen and oxygen atoms in total. The molecule has 1 N–H and O–H groups in total. The van der Waals surface area contributed by atoms with Crippen molar-refractivity contribution in [3.05, 3.63) is 33.9 Å². The Bertz CT molecular complexity index is 506. The summed E-state index contributed by atoms with van der Waals surface area (Å²) in [5.41, 5.74) is 0.996. The fourth-order valence-corrected chi connectivity index (χ4v) is 1.88. The SMILES string of the molecule is Cc1cc([N+](=O)[O-])ccc1N(CC(=O)O)C(C)(C)C. The molecule has 1 aromatic carbocycles. The van der Waals surface area contributed by atoms with Crippen LogP contribution in [0, 0.1) is 17.0 Å². The second kappa shape index (κ2) is 5.26. The average Bonchev–Trinajstić information content (AvgIpc) is 2.24. The topological polar surface area (TPSA) is 83.7 Å². The zero-order valence-electron chi connectivity index (χ0n) is 11.5. The monoisotopic (exact) mass is 266 g/mol.